The standard InChI is InChI=1S/C22H31N5O4/c1-3-24(4-2)22(31)26-14-12-25(13-15-26)20(29)16-23-21(30)17-7-9-18(10-8-17)27-11-5-6-19(27)28/h7-10H,3-6,11-16H2,1-2H3,(H,23,30). The lowest BCUT2D eigenvalue weighted by atomic mass is 10.2. The maximum absolute atomic E-state index is 12.5. The molecule has 0 spiro atoms. The van der Waals surface area contributed by atoms with Gasteiger partial charge >= 0.3 is 6.03 Å². The first kappa shape index (κ1) is 22.6. The minimum absolute atomic E-state index is 0.00415. The molecule has 0 saturated carbocycles. The van der Waals surface area contributed by atoms with E-state index in [1.807, 2.05) is 13.8 Å². The van der Waals surface area contributed by atoms with E-state index in [0.717, 1.165) is 12.1 Å². The van der Waals surface area contributed by atoms with Crippen molar-refractivity contribution in [1.29, 1.82) is 0 Å². The van der Waals surface area contributed by atoms with Crippen LogP contribution in [0, 0.1) is 0 Å². The highest BCUT2D eigenvalue weighted by Gasteiger charge is 2.26. The van der Waals surface area contributed by atoms with Gasteiger partial charge in [0.2, 0.25) is 11.8 Å². The van der Waals surface area contributed by atoms with Gasteiger partial charge in [0.15, 0.2) is 0 Å². The molecule has 2 saturated heterocycles. The van der Waals surface area contributed by atoms with Gasteiger partial charge in [-0.3, -0.25) is 14.4 Å². The molecule has 0 unspecified atom stereocenters. The third-order valence-electron chi connectivity index (χ3n) is 5.85. The second kappa shape index (κ2) is 10.3. The number of carbonyl (C=O) groups excluding carboxylic acids is 4. The Hall–Kier alpha value is -3.10. The fraction of sp³-hybridized carbons (Fsp3) is 0.545. The molecule has 0 radical (unpaired) electrons. The molecule has 5 amide bonds. The number of urea groups is 1. The van der Waals surface area contributed by atoms with Gasteiger partial charge in [-0.25, -0.2) is 4.79 Å². The summed E-state index contributed by atoms with van der Waals surface area (Å²) in [5.41, 5.74) is 1.23. The van der Waals surface area contributed by atoms with Crippen molar-refractivity contribution in [1.82, 2.24) is 20.0 Å². The van der Waals surface area contributed by atoms with Crippen LogP contribution in [0.15, 0.2) is 24.3 Å². The first-order valence-corrected chi connectivity index (χ1v) is 10.9. The molecule has 3 rings (SSSR count). The lowest BCUT2D eigenvalue weighted by molar-refractivity contribution is -0.131. The molecule has 1 N–H and O–H groups in total. The lowest BCUT2D eigenvalue weighted by Crippen LogP contribution is -2.55. The van der Waals surface area contributed by atoms with Crippen LogP contribution in [-0.2, 0) is 9.59 Å². The van der Waals surface area contributed by atoms with Crippen molar-refractivity contribution in [3.05, 3.63) is 29.8 Å². The average Bonchev–Trinajstić information content (AvgIpc) is 3.24. The number of piperazine rings is 1. The summed E-state index contributed by atoms with van der Waals surface area (Å²) >= 11 is 0. The predicted molar refractivity (Wildman–Crippen MR) is 117 cm³/mol. The molecule has 0 bridgehead atoms. The molecule has 0 atom stereocenters. The first-order chi connectivity index (χ1) is 14.9. The highest BCUT2D eigenvalue weighted by atomic mass is 16.2. The normalized spacial score (nSPS) is 16.5. The summed E-state index contributed by atoms with van der Waals surface area (Å²) in [4.78, 5) is 56.0. The number of rotatable bonds is 6. The third kappa shape index (κ3) is 5.34. The van der Waals surface area contributed by atoms with E-state index in [1.54, 1.807) is 43.9 Å². The molecule has 1 aromatic carbocycles. The Kier molecular flexibility index (Phi) is 7.49. The minimum atomic E-state index is -0.331. The number of hydrogen-bond acceptors (Lipinski definition) is 4. The first-order valence-electron chi connectivity index (χ1n) is 10.9. The van der Waals surface area contributed by atoms with E-state index in [-0.39, 0.29) is 30.3 Å². The zero-order chi connectivity index (χ0) is 22.4. The molecule has 2 aliphatic rings. The molecule has 2 fully saturated rings. The second-order valence-electron chi connectivity index (χ2n) is 7.70. The number of anilines is 1. The van der Waals surface area contributed by atoms with Gasteiger partial charge < -0.3 is 24.9 Å². The van der Waals surface area contributed by atoms with Gasteiger partial charge in [0.1, 0.15) is 0 Å². The van der Waals surface area contributed by atoms with Gasteiger partial charge in [-0.2, -0.15) is 0 Å². The van der Waals surface area contributed by atoms with Gasteiger partial charge in [-0.1, -0.05) is 0 Å². The van der Waals surface area contributed by atoms with E-state index in [2.05, 4.69) is 5.32 Å². The van der Waals surface area contributed by atoms with E-state index < -0.39 is 0 Å². The summed E-state index contributed by atoms with van der Waals surface area (Å²) < 4.78 is 0. The van der Waals surface area contributed by atoms with E-state index >= 15 is 0 Å². The Labute approximate surface area is 182 Å². The maximum Gasteiger partial charge on any atom is 0.320 e. The van der Waals surface area contributed by atoms with Crippen LogP contribution in [0.1, 0.15) is 37.0 Å². The van der Waals surface area contributed by atoms with E-state index in [0.29, 0.717) is 57.8 Å². The zero-order valence-electron chi connectivity index (χ0n) is 18.3. The number of amides is 5. The number of nitrogens with one attached hydrogen (secondary N) is 1. The lowest BCUT2D eigenvalue weighted by Gasteiger charge is -2.37. The van der Waals surface area contributed by atoms with Crippen molar-refractivity contribution in [2.75, 3.05) is 57.3 Å². The van der Waals surface area contributed by atoms with E-state index in [4.69, 9.17) is 0 Å². The van der Waals surface area contributed by atoms with Crippen LogP contribution < -0.4 is 10.2 Å². The van der Waals surface area contributed by atoms with Gasteiger partial charge in [0.25, 0.3) is 5.91 Å². The van der Waals surface area contributed by atoms with Crippen LogP contribution in [0.2, 0.25) is 0 Å². The number of carbonyl (C=O) groups is 4. The molecule has 2 heterocycles. The molecule has 31 heavy (non-hydrogen) atoms. The maximum atomic E-state index is 12.5. The monoisotopic (exact) mass is 429 g/mol. The summed E-state index contributed by atoms with van der Waals surface area (Å²) in [6.45, 7) is 7.73. The van der Waals surface area contributed by atoms with Crippen LogP contribution in [0.5, 0.6) is 0 Å². The van der Waals surface area contributed by atoms with Crippen molar-refractivity contribution in [3.8, 4) is 0 Å². The van der Waals surface area contributed by atoms with Crippen molar-refractivity contribution in [3.63, 3.8) is 0 Å². The Morgan fingerprint density at radius 3 is 2.10 bits per heavy atom. The Bertz CT molecular complexity index is 814. The van der Waals surface area contributed by atoms with Crippen molar-refractivity contribution < 1.29 is 19.2 Å². The van der Waals surface area contributed by atoms with E-state index in [9.17, 15) is 19.2 Å². The highest BCUT2D eigenvalue weighted by Crippen LogP contribution is 2.21. The number of nitrogens with zero attached hydrogens (tertiary/aromatic N) is 4. The average molecular weight is 430 g/mol. The molecule has 9 nitrogen and oxygen atoms in total. The summed E-state index contributed by atoms with van der Waals surface area (Å²) in [6.07, 6.45) is 1.41. The van der Waals surface area contributed by atoms with Crippen LogP contribution in [0.3, 0.4) is 0 Å². The van der Waals surface area contributed by atoms with Crippen LogP contribution in [0.25, 0.3) is 0 Å². The molecular formula is C22H31N5O4. The van der Waals surface area contributed by atoms with Gasteiger partial charge in [0, 0.05) is 63.5 Å². The largest absolute Gasteiger partial charge is 0.343 e. The molecule has 0 aliphatic carbocycles. The Balaban J connectivity index is 1.45. The van der Waals surface area contributed by atoms with Crippen LogP contribution in [-0.4, -0.2) is 90.8 Å². The smallest absolute Gasteiger partial charge is 0.320 e. The SMILES string of the molecule is CCN(CC)C(=O)N1CCN(C(=O)CNC(=O)c2ccc(N3CCCC3=O)cc2)CC1. The Morgan fingerprint density at radius 1 is 0.935 bits per heavy atom. The fourth-order valence-corrected chi connectivity index (χ4v) is 3.92. The van der Waals surface area contributed by atoms with Crippen LogP contribution in [0.4, 0.5) is 10.5 Å². The number of benzene rings is 1. The van der Waals surface area contributed by atoms with Crippen molar-refractivity contribution >= 4 is 29.4 Å². The molecule has 1 aromatic rings. The third-order valence-corrected chi connectivity index (χ3v) is 5.85. The molecular weight excluding hydrogens is 398 g/mol. The molecule has 168 valence electrons. The quantitative estimate of drug-likeness (QED) is 0.734. The summed E-state index contributed by atoms with van der Waals surface area (Å²) in [6, 6.07) is 6.85. The summed E-state index contributed by atoms with van der Waals surface area (Å²) in [5.74, 6) is -0.396. The van der Waals surface area contributed by atoms with Crippen LogP contribution >= 0.6 is 0 Å². The highest BCUT2D eigenvalue weighted by molar-refractivity contribution is 5.98. The summed E-state index contributed by atoms with van der Waals surface area (Å²) in [7, 11) is 0. The number of hydrogen-bond donors (Lipinski definition) is 1. The Morgan fingerprint density at radius 2 is 1.55 bits per heavy atom. The van der Waals surface area contributed by atoms with Gasteiger partial charge in [-0.15, -0.1) is 0 Å². The summed E-state index contributed by atoms with van der Waals surface area (Å²) in [5, 5.41) is 2.66. The van der Waals surface area contributed by atoms with Crippen molar-refractivity contribution in [2.45, 2.75) is 26.7 Å². The topological polar surface area (TPSA) is 93.3 Å². The predicted octanol–water partition coefficient (Wildman–Crippen LogP) is 1.15. The zero-order valence-corrected chi connectivity index (χ0v) is 18.3. The second-order valence-corrected chi connectivity index (χ2v) is 7.70. The van der Waals surface area contributed by atoms with Gasteiger partial charge in [-0.05, 0) is 44.5 Å². The molecule has 0 aromatic heterocycles. The fourth-order valence-electron chi connectivity index (χ4n) is 3.92. The van der Waals surface area contributed by atoms with Gasteiger partial charge in [0.05, 0.1) is 6.54 Å². The van der Waals surface area contributed by atoms with Crippen molar-refractivity contribution in [2.24, 2.45) is 0 Å². The molecule has 9 heteroatoms. The van der Waals surface area contributed by atoms with E-state index in [1.165, 1.54) is 0 Å². The minimum Gasteiger partial charge on any atom is -0.343 e. The molecule has 2 aliphatic heterocycles.